The van der Waals surface area contributed by atoms with E-state index in [4.69, 9.17) is 12.2 Å². The number of carbonyl (C=O) groups is 1. The van der Waals surface area contributed by atoms with Crippen molar-refractivity contribution in [2.24, 2.45) is 0 Å². The van der Waals surface area contributed by atoms with Crippen molar-refractivity contribution in [3.05, 3.63) is 65.2 Å². The number of hydrogen-bond donors (Lipinski definition) is 2. The Bertz CT molecular complexity index is 704. The predicted octanol–water partition coefficient (Wildman–Crippen LogP) is 3.40. The molecule has 0 aliphatic carbocycles. The van der Waals surface area contributed by atoms with Crippen molar-refractivity contribution in [2.75, 3.05) is 5.32 Å². The summed E-state index contributed by atoms with van der Waals surface area (Å²) in [4.78, 5) is 11.8. The molecule has 0 saturated carbocycles. The third kappa shape index (κ3) is 4.06. The second-order valence-electron chi connectivity index (χ2n) is 4.41. The van der Waals surface area contributed by atoms with Crippen LogP contribution in [-0.4, -0.2) is 11.0 Å². The van der Waals surface area contributed by atoms with Crippen molar-refractivity contribution in [3.8, 4) is 0 Å². The van der Waals surface area contributed by atoms with Gasteiger partial charge in [0.2, 0.25) is 0 Å². The SMILES string of the molecule is Cc1cccc(NC(=S)NC(=O)c2ccc(F)c(F)c2)c1. The lowest BCUT2D eigenvalue weighted by atomic mass is 10.2. The average Bonchev–Trinajstić information content (AvgIpc) is 2.41. The standard InChI is InChI=1S/C15H12F2N2OS/c1-9-3-2-4-11(7-9)18-15(21)19-14(20)10-5-6-12(16)13(17)8-10/h2-8H,1H3,(H2,18,19,20,21). The summed E-state index contributed by atoms with van der Waals surface area (Å²) in [7, 11) is 0. The molecule has 6 heteroatoms. The maximum Gasteiger partial charge on any atom is 0.257 e. The van der Waals surface area contributed by atoms with Gasteiger partial charge in [-0.15, -0.1) is 0 Å². The summed E-state index contributed by atoms with van der Waals surface area (Å²) in [5.74, 6) is -2.70. The summed E-state index contributed by atoms with van der Waals surface area (Å²) >= 11 is 5.00. The van der Waals surface area contributed by atoms with E-state index in [1.54, 1.807) is 6.07 Å². The molecule has 108 valence electrons. The number of rotatable bonds is 2. The number of hydrogen-bond acceptors (Lipinski definition) is 2. The summed E-state index contributed by atoms with van der Waals surface area (Å²) in [6.45, 7) is 1.92. The van der Waals surface area contributed by atoms with Crippen LogP contribution in [0.15, 0.2) is 42.5 Å². The van der Waals surface area contributed by atoms with Crippen molar-refractivity contribution in [1.29, 1.82) is 0 Å². The lowest BCUT2D eigenvalue weighted by Crippen LogP contribution is -2.34. The first kappa shape index (κ1) is 15.1. The van der Waals surface area contributed by atoms with Gasteiger partial charge in [0.25, 0.3) is 5.91 Å². The topological polar surface area (TPSA) is 41.1 Å². The third-order valence-electron chi connectivity index (χ3n) is 2.68. The molecule has 2 rings (SSSR count). The van der Waals surface area contributed by atoms with Crippen LogP contribution in [0, 0.1) is 18.6 Å². The van der Waals surface area contributed by atoms with Crippen LogP contribution in [0.3, 0.4) is 0 Å². The lowest BCUT2D eigenvalue weighted by molar-refractivity contribution is 0.0977. The maximum absolute atomic E-state index is 13.1. The van der Waals surface area contributed by atoms with Crippen LogP contribution in [0.25, 0.3) is 0 Å². The van der Waals surface area contributed by atoms with Gasteiger partial charge in [0, 0.05) is 11.3 Å². The van der Waals surface area contributed by atoms with Crippen LogP contribution in [0.5, 0.6) is 0 Å². The number of thiocarbonyl (C=S) groups is 1. The van der Waals surface area contributed by atoms with Gasteiger partial charge in [-0.05, 0) is 55.0 Å². The molecule has 0 atom stereocenters. The molecule has 0 heterocycles. The first-order valence-corrected chi connectivity index (χ1v) is 6.50. The molecule has 0 saturated heterocycles. The van der Waals surface area contributed by atoms with Crippen molar-refractivity contribution in [1.82, 2.24) is 5.32 Å². The lowest BCUT2D eigenvalue weighted by Gasteiger charge is -2.10. The molecular weight excluding hydrogens is 294 g/mol. The second-order valence-corrected chi connectivity index (χ2v) is 4.81. The quantitative estimate of drug-likeness (QED) is 0.836. The molecule has 1 amide bonds. The van der Waals surface area contributed by atoms with Gasteiger partial charge in [0.15, 0.2) is 16.7 Å². The van der Waals surface area contributed by atoms with Crippen LogP contribution in [0.2, 0.25) is 0 Å². The van der Waals surface area contributed by atoms with E-state index in [0.29, 0.717) is 0 Å². The first-order chi connectivity index (χ1) is 9.95. The second kappa shape index (κ2) is 6.41. The van der Waals surface area contributed by atoms with Crippen molar-refractivity contribution in [2.45, 2.75) is 6.92 Å². The average molecular weight is 306 g/mol. The van der Waals surface area contributed by atoms with E-state index in [1.807, 2.05) is 25.1 Å². The molecule has 0 fully saturated rings. The molecule has 0 bridgehead atoms. The van der Waals surface area contributed by atoms with E-state index in [9.17, 15) is 13.6 Å². The number of carbonyl (C=O) groups excluding carboxylic acids is 1. The summed E-state index contributed by atoms with van der Waals surface area (Å²) in [5, 5.41) is 5.32. The molecule has 0 aliphatic rings. The Balaban J connectivity index is 2.02. The largest absolute Gasteiger partial charge is 0.332 e. The van der Waals surface area contributed by atoms with Gasteiger partial charge in [0.1, 0.15) is 0 Å². The fourth-order valence-electron chi connectivity index (χ4n) is 1.70. The minimum Gasteiger partial charge on any atom is -0.332 e. The monoisotopic (exact) mass is 306 g/mol. The molecule has 0 aromatic heterocycles. The summed E-state index contributed by atoms with van der Waals surface area (Å²) < 4.78 is 25.9. The number of halogens is 2. The van der Waals surface area contributed by atoms with Crippen LogP contribution >= 0.6 is 12.2 Å². The summed E-state index contributed by atoms with van der Waals surface area (Å²) in [5.41, 5.74) is 1.75. The molecule has 0 aliphatic heterocycles. The number of nitrogens with one attached hydrogen (secondary N) is 2. The van der Waals surface area contributed by atoms with E-state index in [-0.39, 0.29) is 10.7 Å². The Labute approximate surface area is 126 Å². The van der Waals surface area contributed by atoms with Crippen LogP contribution < -0.4 is 10.6 Å². The van der Waals surface area contributed by atoms with Gasteiger partial charge in [-0.1, -0.05) is 12.1 Å². The zero-order valence-electron chi connectivity index (χ0n) is 11.1. The minimum absolute atomic E-state index is 0.0118. The Morgan fingerprint density at radius 3 is 2.52 bits per heavy atom. The van der Waals surface area contributed by atoms with Crippen LogP contribution in [0.1, 0.15) is 15.9 Å². The van der Waals surface area contributed by atoms with Crippen molar-refractivity contribution >= 4 is 28.9 Å². The zero-order valence-corrected chi connectivity index (χ0v) is 11.9. The van der Waals surface area contributed by atoms with Gasteiger partial charge < -0.3 is 5.32 Å². The fraction of sp³-hybridized carbons (Fsp3) is 0.0667. The molecule has 0 spiro atoms. The van der Waals surface area contributed by atoms with Crippen molar-refractivity contribution < 1.29 is 13.6 Å². The van der Waals surface area contributed by atoms with E-state index < -0.39 is 17.5 Å². The smallest absolute Gasteiger partial charge is 0.257 e. The minimum atomic E-state index is -1.08. The number of amides is 1. The molecule has 0 radical (unpaired) electrons. The highest BCUT2D eigenvalue weighted by Crippen LogP contribution is 2.10. The maximum atomic E-state index is 13.1. The Hall–Kier alpha value is -2.34. The summed E-state index contributed by atoms with van der Waals surface area (Å²) in [6, 6.07) is 10.3. The Kier molecular flexibility index (Phi) is 4.59. The van der Waals surface area contributed by atoms with E-state index in [1.165, 1.54) is 6.07 Å². The number of anilines is 1. The van der Waals surface area contributed by atoms with Gasteiger partial charge in [-0.2, -0.15) is 0 Å². The van der Waals surface area contributed by atoms with Crippen LogP contribution in [0.4, 0.5) is 14.5 Å². The molecular formula is C15H12F2N2OS. The van der Waals surface area contributed by atoms with Crippen molar-refractivity contribution in [3.63, 3.8) is 0 Å². The van der Waals surface area contributed by atoms with E-state index >= 15 is 0 Å². The first-order valence-electron chi connectivity index (χ1n) is 6.10. The van der Waals surface area contributed by atoms with Gasteiger partial charge in [-0.25, -0.2) is 8.78 Å². The normalized spacial score (nSPS) is 10.0. The Morgan fingerprint density at radius 1 is 1.10 bits per heavy atom. The van der Waals surface area contributed by atoms with E-state index in [2.05, 4.69) is 10.6 Å². The molecule has 2 N–H and O–H groups in total. The fourth-order valence-corrected chi connectivity index (χ4v) is 1.91. The van der Waals surface area contributed by atoms with Gasteiger partial charge in [0.05, 0.1) is 0 Å². The third-order valence-corrected chi connectivity index (χ3v) is 2.89. The zero-order chi connectivity index (χ0) is 15.4. The predicted molar refractivity (Wildman–Crippen MR) is 81.2 cm³/mol. The Morgan fingerprint density at radius 2 is 1.86 bits per heavy atom. The molecule has 0 unspecified atom stereocenters. The number of benzene rings is 2. The van der Waals surface area contributed by atoms with Crippen LogP contribution in [-0.2, 0) is 0 Å². The molecule has 2 aromatic carbocycles. The highest BCUT2D eigenvalue weighted by atomic mass is 32.1. The van der Waals surface area contributed by atoms with E-state index in [0.717, 1.165) is 23.4 Å². The summed E-state index contributed by atoms with van der Waals surface area (Å²) in [6.07, 6.45) is 0. The highest BCUT2D eigenvalue weighted by molar-refractivity contribution is 7.80. The molecule has 21 heavy (non-hydrogen) atoms. The van der Waals surface area contributed by atoms with Gasteiger partial charge >= 0.3 is 0 Å². The van der Waals surface area contributed by atoms with Gasteiger partial charge in [-0.3, -0.25) is 10.1 Å². The molecule has 3 nitrogen and oxygen atoms in total. The number of aryl methyl sites for hydroxylation is 1. The highest BCUT2D eigenvalue weighted by Gasteiger charge is 2.11. The molecule has 2 aromatic rings.